The van der Waals surface area contributed by atoms with E-state index in [9.17, 15) is 9.59 Å². The number of nitrogens with zero attached hydrogens (tertiary/aromatic N) is 1. The lowest BCUT2D eigenvalue weighted by Crippen LogP contribution is -2.29. The number of anilines is 1. The highest BCUT2D eigenvalue weighted by atomic mass is 16.2. The lowest BCUT2D eigenvalue weighted by atomic mass is 10.0. The van der Waals surface area contributed by atoms with Crippen LogP contribution in [0.4, 0.5) is 5.69 Å². The Bertz CT molecular complexity index is 770. The lowest BCUT2D eigenvalue weighted by molar-refractivity contribution is -0.120. The minimum Gasteiger partial charge on any atom is -0.359 e. The van der Waals surface area contributed by atoms with Gasteiger partial charge in [0.15, 0.2) is 0 Å². The maximum atomic E-state index is 12.7. The summed E-state index contributed by atoms with van der Waals surface area (Å²) in [4.78, 5) is 26.7. The van der Waals surface area contributed by atoms with Gasteiger partial charge in [0.1, 0.15) is 0 Å². The summed E-state index contributed by atoms with van der Waals surface area (Å²) in [5, 5.41) is 5.62. The van der Waals surface area contributed by atoms with E-state index >= 15 is 0 Å². The lowest BCUT2D eigenvalue weighted by Gasteiger charge is -2.27. The molecule has 0 aliphatic carbocycles. The first-order chi connectivity index (χ1) is 13.2. The SMILES string of the molecule is CNC(=O)Cc1cccc(NC(=O)CC(c2ccccc2)N2CCCC2)c1. The number of amides is 2. The van der Waals surface area contributed by atoms with Gasteiger partial charge in [-0.25, -0.2) is 0 Å². The highest BCUT2D eigenvalue weighted by molar-refractivity contribution is 5.91. The molecule has 5 heteroatoms. The van der Waals surface area contributed by atoms with E-state index in [1.807, 2.05) is 42.5 Å². The fourth-order valence-corrected chi connectivity index (χ4v) is 3.61. The molecule has 1 heterocycles. The van der Waals surface area contributed by atoms with Gasteiger partial charge in [-0.2, -0.15) is 0 Å². The van der Waals surface area contributed by atoms with E-state index in [-0.39, 0.29) is 17.9 Å². The van der Waals surface area contributed by atoms with Crippen LogP contribution in [0.25, 0.3) is 0 Å². The third-order valence-corrected chi connectivity index (χ3v) is 5.00. The second-order valence-electron chi connectivity index (χ2n) is 6.97. The van der Waals surface area contributed by atoms with Crippen LogP contribution in [-0.4, -0.2) is 36.9 Å². The Labute approximate surface area is 160 Å². The summed E-state index contributed by atoms with van der Waals surface area (Å²) < 4.78 is 0. The van der Waals surface area contributed by atoms with Crippen LogP contribution in [0.3, 0.4) is 0 Å². The van der Waals surface area contributed by atoms with Gasteiger partial charge in [0.2, 0.25) is 11.8 Å². The molecule has 1 aliphatic rings. The quantitative estimate of drug-likeness (QED) is 0.792. The van der Waals surface area contributed by atoms with Gasteiger partial charge in [-0.05, 0) is 49.2 Å². The number of rotatable bonds is 7. The zero-order chi connectivity index (χ0) is 19.1. The van der Waals surface area contributed by atoms with E-state index in [2.05, 4.69) is 27.7 Å². The molecule has 3 rings (SSSR count). The zero-order valence-electron chi connectivity index (χ0n) is 15.8. The van der Waals surface area contributed by atoms with Crippen molar-refractivity contribution in [1.82, 2.24) is 10.2 Å². The summed E-state index contributed by atoms with van der Waals surface area (Å²) >= 11 is 0. The molecule has 1 unspecified atom stereocenters. The summed E-state index contributed by atoms with van der Waals surface area (Å²) in [7, 11) is 1.62. The van der Waals surface area contributed by atoms with Crippen molar-refractivity contribution in [2.45, 2.75) is 31.7 Å². The molecule has 0 bridgehead atoms. The predicted molar refractivity (Wildman–Crippen MR) is 107 cm³/mol. The van der Waals surface area contributed by atoms with Gasteiger partial charge in [0.05, 0.1) is 6.42 Å². The number of likely N-dealkylation sites (N-methyl/N-ethyl adjacent to an activating group) is 1. The van der Waals surface area contributed by atoms with Crippen LogP contribution in [0.5, 0.6) is 0 Å². The molecule has 2 N–H and O–H groups in total. The highest BCUT2D eigenvalue weighted by Crippen LogP contribution is 2.28. The molecule has 27 heavy (non-hydrogen) atoms. The Balaban J connectivity index is 1.67. The van der Waals surface area contributed by atoms with Crippen molar-refractivity contribution in [2.24, 2.45) is 0 Å². The Morgan fingerprint density at radius 1 is 1.00 bits per heavy atom. The first-order valence-corrected chi connectivity index (χ1v) is 9.54. The van der Waals surface area contributed by atoms with Crippen LogP contribution >= 0.6 is 0 Å². The summed E-state index contributed by atoms with van der Waals surface area (Å²) in [6.07, 6.45) is 3.10. The van der Waals surface area contributed by atoms with Gasteiger partial charge in [0, 0.05) is 25.2 Å². The van der Waals surface area contributed by atoms with Gasteiger partial charge in [-0.1, -0.05) is 42.5 Å². The summed E-state index contributed by atoms with van der Waals surface area (Å²) in [6, 6.07) is 17.8. The molecule has 1 fully saturated rings. The topological polar surface area (TPSA) is 61.4 Å². The van der Waals surface area contributed by atoms with Crippen LogP contribution in [0.2, 0.25) is 0 Å². The van der Waals surface area contributed by atoms with Gasteiger partial charge >= 0.3 is 0 Å². The second-order valence-corrected chi connectivity index (χ2v) is 6.97. The molecule has 5 nitrogen and oxygen atoms in total. The van der Waals surface area contributed by atoms with Crippen molar-refractivity contribution < 1.29 is 9.59 Å². The van der Waals surface area contributed by atoms with Gasteiger partial charge in [-0.3, -0.25) is 14.5 Å². The van der Waals surface area contributed by atoms with E-state index in [1.165, 1.54) is 18.4 Å². The highest BCUT2D eigenvalue weighted by Gasteiger charge is 2.25. The smallest absolute Gasteiger partial charge is 0.226 e. The molecule has 2 aromatic rings. The second kappa shape index (κ2) is 9.33. The van der Waals surface area contributed by atoms with Crippen LogP contribution in [-0.2, 0) is 16.0 Å². The normalized spacial score (nSPS) is 15.3. The first kappa shape index (κ1) is 19.1. The van der Waals surface area contributed by atoms with Crippen LogP contribution in [0.15, 0.2) is 54.6 Å². The van der Waals surface area contributed by atoms with Gasteiger partial charge in [0.25, 0.3) is 0 Å². The average Bonchev–Trinajstić information content (AvgIpc) is 3.21. The third kappa shape index (κ3) is 5.41. The Morgan fingerprint density at radius 3 is 2.44 bits per heavy atom. The summed E-state index contributed by atoms with van der Waals surface area (Å²) in [5.41, 5.74) is 2.80. The molecule has 0 spiro atoms. The Morgan fingerprint density at radius 2 is 1.74 bits per heavy atom. The number of benzene rings is 2. The molecule has 1 saturated heterocycles. The molecule has 1 atom stereocenters. The number of likely N-dealkylation sites (tertiary alicyclic amines) is 1. The zero-order valence-corrected chi connectivity index (χ0v) is 15.8. The van der Waals surface area contributed by atoms with Gasteiger partial charge < -0.3 is 10.6 Å². The monoisotopic (exact) mass is 365 g/mol. The maximum Gasteiger partial charge on any atom is 0.226 e. The molecular weight excluding hydrogens is 338 g/mol. The number of carbonyl (C=O) groups is 2. The Hall–Kier alpha value is -2.66. The van der Waals surface area contributed by atoms with E-state index in [4.69, 9.17) is 0 Å². The van der Waals surface area contributed by atoms with Crippen LogP contribution in [0, 0.1) is 0 Å². The predicted octanol–water partition coefficient (Wildman–Crippen LogP) is 3.14. The largest absolute Gasteiger partial charge is 0.359 e. The van der Waals surface area contributed by atoms with E-state index < -0.39 is 0 Å². The molecular formula is C22H27N3O2. The van der Waals surface area contributed by atoms with Gasteiger partial charge in [-0.15, -0.1) is 0 Å². The number of hydrogen-bond acceptors (Lipinski definition) is 3. The van der Waals surface area contributed by atoms with Crippen LogP contribution in [0.1, 0.15) is 36.4 Å². The number of nitrogens with one attached hydrogen (secondary N) is 2. The number of carbonyl (C=O) groups excluding carboxylic acids is 2. The van der Waals surface area contributed by atoms with Crippen molar-refractivity contribution >= 4 is 17.5 Å². The van der Waals surface area contributed by atoms with Crippen LogP contribution < -0.4 is 10.6 Å². The molecule has 0 aromatic heterocycles. The molecule has 1 aliphatic heterocycles. The molecule has 2 amide bonds. The maximum absolute atomic E-state index is 12.7. The fourth-order valence-electron chi connectivity index (χ4n) is 3.61. The average molecular weight is 365 g/mol. The standard InChI is InChI=1S/C22H27N3O2/c1-23-21(26)15-17-8-7-11-19(14-17)24-22(27)16-20(25-12-5-6-13-25)18-9-3-2-4-10-18/h2-4,7-11,14,20H,5-6,12-13,15-16H2,1H3,(H,23,26)(H,24,27). The number of hydrogen-bond donors (Lipinski definition) is 2. The van der Waals surface area contributed by atoms with E-state index in [1.54, 1.807) is 7.05 Å². The van der Waals surface area contributed by atoms with Crippen molar-refractivity contribution in [3.05, 3.63) is 65.7 Å². The van der Waals surface area contributed by atoms with E-state index in [0.717, 1.165) is 24.3 Å². The minimum absolute atomic E-state index is 0.00662. The fraction of sp³-hybridized carbons (Fsp3) is 0.364. The van der Waals surface area contributed by atoms with Crippen molar-refractivity contribution in [3.63, 3.8) is 0 Å². The summed E-state index contributed by atoms with van der Waals surface area (Å²) in [6.45, 7) is 2.07. The van der Waals surface area contributed by atoms with Crippen molar-refractivity contribution in [3.8, 4) is 0 Å². The summed E-state index contributed by atoms with van der Waals surface area (Å²) in [5.74, 6) is -0.0514. The Kier molecular flexibility index (Phi) is 6.60. The minimum atomic E-state index is -0.0448. The van der Waals surface area contributed by atoms with Crippen molar-refractivity contribution in [1.29, 1.82) is 0 Å². The first-order valence-electron chi connectivity index (χ1n) is 9.54. The molecule has 142 valence electrons. The molecule has 0 radical (unpaired) electrons. The van der Waals surface area contributed by atoms with Crippen molar-refractivity contribution in [2.75, 3.05) is 25.5 Å². The molecule has 0 saturated carbocycles. The van der Waals surface area contributed by atoms with E-state index in [0.29, 0.717) is 12.8 Å². The third-order valence-electron chi connectivity index (χ3n) is 5.00. The molecule has 2 aromatic carbocycles.